The van der Waals surface area contributed by atoms with E-state index in [1.165, 1.54) is 6.08 Å². The molecule has 21 heavy (non-hydrogen) atoms. The van der Waals surface area contributed by atoms with Crippen LogP contribution in [0, 0.1) is 0 Å². The molecule has 1 heterocycles. The molecule has 0 amide bonds. The van der Waals surface area contributed by atoms with Gasteiger partial charge in [0.2, 0.25) is 0 Å². The van der Waals surface area contributed by atoms with Gasteiger partial charge in [-0.25, -0.2) is 4.79 Å². The summed E-state index contributed by atoms with van der Waals surface area (Å²) in [6.45, 7) is 8.46. The third-order valence-electron chi connectivity index (χ3n) is 3.91. The maximum Gasteiger partial charge on any atom is 0.328 e. The van der Waals surface area contributed by atoms with E-state index in [-0.39, 0.29) is 0 Å². The molecular weight excluding hydrogens is 332 g/mol. The van der Waals surface area contributed by atoms with Gasteiger partial charge >= 0.3 is 5.97 Å². The highest BCUT2D eigenvalue weighted by molar-refractivity contribution is 9.10. The number of carbonyl (C=O) groups is 1. The Morgan fingerprint density at radius 3 is 2.86 bits per heavy atom. The number of hydrogen-bond acceptors (Lipinski definition) is 3. The molecule has 1 aromatic rings. The standard InChI is InChI=1S/C16H21BrN2O2/c1-3-18-8-9-19(11-12(18)2)15-6-5-14(17)10-13(15)4-7-16(20)21/h4-7,10,12H,3,8-9,11H2,1-2H3,(H,20,21)/b7-4+. The Morgan fingerprint density at radius 1 is 1.48 bits per heavy atom. The molecule has 0 aromatic heterocycles. The smallest absolute Gasteiger partial charge is 0.328 e. The number of nitrogens with zero attached hydrogens (tertiary/aromatic N) is 2. The fourth-order valence-corrected chi connectivity index (χ4v) is 3.17. The summed E-state index contributed by atoms with van der Waals surface area (Å²) in [5.74, 6) is -0.926. The number of piperazine rings is 1. The van der Waals surface area contributed by atoms with Crippen molar-refractivity contribution in [3.05, 3.63) is 34.3 Å². The van der Waals surface area contributed by atoms with Crippen LogP contribution in [0.1, 0.15) is 19.4 Å². The number of likely N-dealkylation sites (N-methyl/N-ethyl adjacent to an activating group) is 1. The summed E-state index contributed by atoms with van der Waals surface area (Å²) in [5, 5.41) is 8.84. The number of hydrogen-bond donors (Lipinski definition) is 1. The Labute approximate surface area is 134 Å². The molecular formula is C16H21BrN2O2. The lowest BCUT2D eigenvalue weighted by molar-refractivity contribution is -0.131. The zero-order valence-corrected chi connectivity index (χ0v) is 14.0. The summed E-state index contributed by atoms with van der Waals surface area (Å²) in [7, 11) is 0. The molecule has 0 spiro atoms. The number of benzene rings is 1. The van der Waals surface area contributed by atoms with Gasteiger partial charge in [-0.15, -0.1) is 0 Å². The highest BCUT2D eigenvalue weighted by atomic mass is 79.9. The minimum Gasteiger partial charge on any atom is -0.478 e. The van der Waals surface area contributed by atoms with Crippen LogP contribution >= 0.6 is 15.9 Å². The highest BCUT2D eigenvalue weighted by Crippen LogP contribution is 2.27. The molecule has 1 N–H and O–H groups in total. The first kappa shape index (κ1) is 16.0. The number of carboxylic acid groups (broad SMARTS) is 1. The van der Waals surface area contributed by atoms with Crippen molar-refractivity contribution in [2.75, 3.05) is 31.1 Å². The van der Waals surface area contributed by atoms with E-state index in [1.807, 2.05) is 12.1 Å². The van der Waals surface area contributed by atoms with Crippen LogP contribution in [0.4, 0.5) is 5.69 Å². The van der Waals surface area contributed by atoms with Crippen molar-refractivity contribution in [1.82, 2.24) is 4.90 Å². The van der Waals surface area contributed by atoms with Gasteiger partial charge < -0.3 is 10.0 Å². The van der Waals surface area contributed by atoms with Crippen LogP contribution < -0.4 is 4.90 Å². The van der Waals surface area contributed by atoms with Crippen LogP contribution in [0.3, 0.4) is 0 Å². The van der Waals surface area contributed by atoms with E-state index in [0.717, 1.165) is 41.9 Å². The zero-order valence-electron chi connectivity index (χ0n) is 12.4. The predicted octanol–water partition coefficient (Wildman–Crippen LogP) is 3.08. The average Bonchev–Trinajstić information content (AvgIpc) is 2.45. The topological polar surface area (TPSA) is 43.8 Å². The molecule has 4 nitrogen and oxygen atoms in total. The van der Waals surface area contributed by atoms with E-state index in [0.29, 0.717) is 6.04 Å². The number of halogens is 1. The third-order valence-corrected chi connectivity index (χ3v) is 4.40. The van der Waals surface area contributed by atoms with Crippen molar-refractivity contribution in [3.63, 3.8) is 0 Å². The molecule has 1 fully saturated rings. The summed E-state index contributed by atoms with van der Waals surface area (Å²) in [6, 6.07) is 6.53. The van der Waals surface area contributed by atoms with Crippen molar-refractivity contribution in [3.8, 4) is 0 Å². The van der Waals surface area contributed by atoms with Gasteiger partial charge in [0.05, 0.1) is 0 Å². The van der Waals surface area contributed by atoms with E-state index in [4.69, 9.17) is 5.11 Å². The summed E-state index contributed by atoms with van der Waals surface area (Å²) in [4.78, 5) is 15.6. The largest absolute Gasteiger partial charge is 0.478 e. The molecule has 114 valence electrons. The number of rotatable bonds is 4. The summed E-state index contributed by atoms with van der Waals surface area (Å²) in [6.07, 6.45) is 2.86. The van der Waals surface area contributed by atoms with Crippen molar-refractivity contribution in [2.24, 2.45) is 0 Å². The van der Waals surface area contributed by atoms with E-state index in [2.05, 4.69) is 45.6 Å². The molecule has 0 radical (unpaired) electrons. The Kier molecular flexibility index (Phi) is 5.42. The summed E-state index contributed by atoms with van der Waals surface area (Å²) < 4.78 is 0.955. The first-order valence-electron chi connectivity index (χ1n) is 7.20. The first-order valence-corrected chi connectivity index (χ1v) is 8.00. The molecule has 1 aromatic carbocycles. The van der Waals surface area contributed by atoms with Crippen LogP contribution in [-0.4, -0.2) is 48.2 Å². The highest BCUT2D eigenvalue weighted by Gasteiger charge is 2.23. The van der Waals surface area contributed by atoms with Gasteiger partial charge in [-0.05, 0) is 43.3 Å². The van der Waals surface area contributed by atoms with Gasteiger partial charge in [-0.2, -0.15) is 0 Å². The second-order valence-electron chi connectivity index (χ2n) is 5.30. The van der Waals surface area contributed by atoms with E-state index < -0.39 is 5.97 Å². The molecule has 1 aliphatic heterocycles. The van der Waals surface area contributed by atoms with Gasteiger partial charge in [0.1, 0.15) is 0 Å². The number of anilines is 1. The Hall–Kier alpha value is -1.33. The quantitative estimate of drug-likeness (QED) is 0.845. The maximum absolute atomic E-state index is 10.8. The SMILES string of the molecule is CCN1CCN(c2ccc(Br)cc2/C=C/C(=O)O)CC1C. The Balaban J connectivity index is 2.25. The normalized spacial score (nSPS) is 20.1. The molecule has 5 heteroatoms. The lowest BCUT2D eigenvalue weighted by atomic mass is 10.1. The molecule has 0 saturated carbocycles. The molecule has 0 aliphatic carbocycles. The van der Waals surface area contributed by atoms with Crippen LogP contribution in [0.2, 0.25) is 0 Å². The number of carboxylic acids is 1. The van der Waals surface area contributed by atoms with Crippen molar-refractivity contribution >= 4 is 33.7 Å². The van der Waals surface area contributed by atoms with Gasteiger partial charge in [0.25, 0.3) is 0 Å². The Morgan fingerprint density at radius 2 is 2.24 bits per heavy atom. The summed E-state index contributed by atoms with van der Waals surface area (Å²) >= 11 is 3.45. The van der Waals surface area contributed by atoms with E-state index >= 15 is 0 Å². The summed E-state index contributed by atoms with van der Waals surface area (Å²) in [5.41, 5.74) is 2.03. The van der Waals surface area contributed by atoms with Crippen LogP contribution in [0.5, 0.6) is 0 Å². The second-order valence-corrected chi connectivity index (χ2v) is 6.21. The minimum atomic E-state index is -0.926. The van der Waals surface area contributed by atoms with Crippen molar-refractivity contribution < 1.29 is 9.90 Å². The number of aliphatic carboxylic acids is 1. The minimum absolute atomic E-state index is 0.503. The van der Waals surface area contributed by atoms with Crippen molar-refractivity contribution in [1.29, 1.82) is 0 Å². The third kappa shape index (κ3) is 4.08. The van der Waals surface area contributed by atoms with Gasteiger partial charge in [-0.1, -0.05) is 22.9 Å². The maximum atomic E-state index is 10.8. The van der Waals surface area contributed by atoms with Gasteiger partial charge in [0, 0.05) is 41.9 Å². The second kappa shape index (κ2) is 7.09. The molecule has 1 saturated heterocycles. The van der Waals surface area contributed by atoms with E-state index in [1.54, 1.807) is 6.08 Å². The first-order chi connectivity index (χ1) is 10.0. The lowest BCUT2D eigenvalue weighted by Gasteiger charge is -2.41. The fraction of sp³-hybridized carbons (Fsp3) is 0.438. The Bertz CT molecular complexity index is 545. The van der Waals surface area contributed by atoms with Crippen molar-refractivity contribution in [2.45, 2.75) is 19.9 Å². The fourth-order valence-electron chi connectivity index (χ4n) is 2.79. The molecule has 1 unspecified atom stereocenters. The monoisotopic (exact) mass is 352 g/mol. The van der Waals surface area contributed by atoms with E-state index in [9.17, 15) is 4.79 Å². The molecule has 1 aliphatic rings. The molecule has 1 atom stereocenters. The van der Waals surface area contributed by atoms with Crippen LogP contribution in [-0.2, 0) is 4.79 Å². The van der Waals surface area contributed by atoms with Gasteiger partial charge in [-0.3, -0.25) is 4.90 Å². The van der Waals surface area contributed by atoms with Gasteiger partial charge in [0.15, 0.2) is 0 Å². The van der Waals surface area contributed by atoms with Crippen LogP contribution in [0.15, 0.2) is 28.7 Å². The molecule has 2 rings (SSSR count). The van der Waals surface area contributed by atoms with Crippen LogP contribution in [0.25, 0.3) is 6.08 Å². The zero-order chi connectivity index (χ0) is 15.4. The lowest BCUT2D eigenvalue weighted by Crippen LogP contribution is -2.51. The molecule has 0 bridgehead atoms. The predicted molar refractivity (Wildman–Crippen MR) is 89.7 cm³/mol. The average molecular weight is 353 g/mol.